The van der Waals surface area contributed by atoms with Gasteiger partial charge in [-0.25, -0.2) is 18.9 Å². The molecule has 0 spiro atoms. The second-order valence-electron chi connectivity index (χ2n) is 9.75. The van der Waals surface area contributed by atoms with Crippen molar-refractivity contribution in [3.05, 3.63) is 102 Å². The average molecular weight is 590 g/mol. The van der Waals surface area contributed by atoms with E-state index in [9.17, 15) is 9.18 Å². The van der Waals surface area contributed by atoms with E-state index in [4.69, 9.17) is 19.0 Å². The Bertz CT molecular complexity index is 1740. The standard InChI is InChI=1S/C31H29F2N5O5/c1-37(2)18-30(43-36-31(39)24-12-14-38(35-24)21-8-6-20(32)7-9-21)19-5-10-27(23(33)15-19)42-26-11-13-34-25-17-29(41-4)28(40-3)16-22(25)26/h5-17,30H,18H2,1-4H3,(H,36,39). The van der Waals surface area contributed by atoms with Gasteiger partial charge in [0, 0.05) is 30.4 Å². The molecule has 0 saturated carbocycles. The average Bonchev–Trinajstić information content (AvgIpc) is 3.50. The summed E-state index contributed by atoms with van der Waals surface area (Å²) in [5.74, 6) is -0.234. The Morgan fingerprint density at radius 1 is 0.930 bits per heavy atom. The zero-order valence-electron chi connectivity index (χ0n) is 23.9. The number of pyridine rings is 1. The monoisotopic (exact) mass is 589 g/mol. The largest absolute Gasteiger partial charge is 0.493 e. The number of benzene rings is 3. The van der Waals surface area contributed by atoms with Crippen molar-refractivity contribution >= 4 is 16.8 Å². The van der Waals surface area contributed by atoms with Gasteiger partial charge in [-0.15, -0.1) is 0 Å². The fourth-order valence-corrected chi connectivity index (χ4v) is 4.36. The zero-order valence-corrected chi connectivity index (χ0v) is 23.9. The van der Waals surface area contributed by atoms with Crippen LogP contribution in [0.15, 0.2) is 79.1 Å². The molecule has 0 aliphatic rings. The summed E-state index contributed by atoms with van der Waals surface area (Å²) in [7, 11) is 6.71. The van der Waals surface area contributed by atoms with Crippen molar-refractivity contribution in [2.45, 2.75) is 6.10 Å². The van der Waals surface area contributed by atoms with E-state index < -0.39 is 17.8 Å². The van der Waals surface area contributed by atoms with Crippen molar-refractivity contribution in [2.24, 2.45) is 0 Å². The molecule has 5 aromatic rings. The Morgan fingerprint density at radius 2 is 1.67 bits per heavy atom. The van der Waals surface area contributed by atoms with E-state index in [1.54, 1.807) is 48.8 Å². The Morgan fingerprint density at radius 3 is 2.37 bits per heavy atom. The first-order valence-corrected chi connectivity index (χ1v) is 13.2. The molecule has 1 atom stereocenters. The number of carbonyl (C=O) groups is 1. The molecular weight excluding hydrogens is 560 g/mol. The quantitative estimate of drug-likeness (QED) is 0.203. The molecule has 0 saturated heterocycles. The topological polar surface area (TPSA) is 100.0 Å². The molecule has 222 valence electrons. The molecular formula is C31H29F2N5O5. The van der Waals surface area contributed by atoms with Crippen LogP contribution >= 0.6 is 0 Å². The van der Waals surface area contributed by atoms with Gasteiger partial charge in [-0.3, -0.25) is 14.6 Å². The number of carbonyl (C=O) groups excluding carboxylic acids is 1. The third kappa shape index (κ3) is 6.71. The number of nitrogens with zero attached hydrogens (tertiary/aromatic N) is 4. The van der Waals surface area contributed by atoms with Crippen LogP contribution < -0.4 is 19.7 Å². The van der Waals surface area contributed by atoms with E-state index in [0.29, 0.717) is 45.9 Å². The van der Waals surface area contributed by atoms with Crippen molar-refractivity contribution in [2.75, 3.05) is 34.9 Å². The number of rotatable bonds is 11. The lowest BCUT2D eigenvalue weighted by molar-refractivity contribution is -0.0275. The third-order valence-electron chi connectivity index (χ3n) is 6.49. The minimum absolute atomic E-state index is 0.00925. The normalized spacial score (nSPS) is 11.9. The lowest BCUT2D eigenvalue weighted by Gasteiger charge is -2.22. The summed E-state index contributed by atoms with van der Waals surface area (Å²) in [5.41, 5.74) is 4.14. The number of hydroxylamine groups is 1. The maximum absolute atomic E-state index is 15.4. The van der Waals surface area contributed by atoms with E-state index in [-0.39, 0.29) is 17.3 Å². The van der Waals surface area contributed by atoms with Crippen LogP contribution in [0.1, 0.15) is 22.2 Å². The van der Waals surface area contributed by atoms with Crippen molar-refractivity contribution < 1.29 is 32.6 Å². The highest BCUT2D eigenvalue weighted by molar-refractivity contribution is 5.91. The van der Waals surface area contributed by atoms with Gasteiger partial charge >= 0.3 is 0 Å². The molecule has 2 aromatic heterocycles. The Kier molecular flexibility index (Phi) is 8.79. The molecule has 10 nitrogen and oxygen atoms in total. The van der Waals surface area contributed by atoms with Gasteiger partial charge in [0.1, 0.15) is 17.7 Å². The smallest absolute Gasteiger partial charge is 0.295 e. The number of halogens is 2. The summed E-state index contributed by atoms with van der Waals surface area (Å²) in [6.07, 6.45) is 2.41. The molecule has 5 rings (SSSR count). The van der Waals surface area contributed by atoms with Gasteiger partial charge in [-0.05, 0) is 74.3 Å². The number of ether oxygens (including phenoxy) is 3. The second-order valence-corrected chi connectivity index (χ2v) is 9.75. The number of amides is 1. The summed E-state index contributed by atoms with van der Waals surface area (Å²) in [6.45, 7) is 0.334. The number of hydrogen-bond donors (Lipinski definition) is 1. The molecule has 0 aliphatic carbocycles. The maximum atomic E-state index is 15.4. The Hall–Kier alpha value is -5.07. The number of likely N-dealkylation sites (N-methyl/N-ethyl adjacent to an activating group) is 1. The molecule has 2 heterocycles. The number of fused-ring (bicyclic) bond motifs is 1. The SMILES string of the molecule is COc1cc2nccc(Oc3ccc(C(CN(C)C)ONC(=O)c4ccn(-c5ccc(F)cc5)n4)cc3F)c2cc1OC. The van der Waals surface area contributed by atoms with Crippen LogP contribution in [0.3, 0.4) is 0 Å². The number of methoxy groups -OCH3 is 2. The predicted molar refractivity (Wildman–Crippen MR) is 155 cm³/mol. The van der Waals surface area contributed by atoms with Crippen molar-refractivity contribution in [3.63, 3.8) is 0 Å². The summed E-state index contributed by atoms with van der Waals surface area (Å²) in [5, 5.41) is 4.84. The van der Waals surface area contributed by atoms with E-state index in [1.807, 2.05) is 19.0 Å². The van der Waals surface area contributed by atoms with Gasteiger partial charge < -0.3 is 19.1 Å². The Labute approximate surface area is 246 Å². The molecule has 43 heavy (non-hydrogen) atoms. The summed E-state index contributed by atoms with van der Waals surface area (Å²) < 4.78 is 46.7. The first-order valence-electron chi connectivity index (χ1n) is 13.2. The summed E-state index contributed by atoms with van der Waals surface area (Å²) >= 11 is 0. The van der Waals surface area contributed by atoms with Gasteiger partial charge in [-0.1, -0.05) is 6.07 Å². The first-order chi connectivity index (χ1) is 20.7. The molecule has 3 aromatic carbocycles. The van der Waals surface area contributed by atoms with E-state index in [0.717, 1.165) is 0 Å². The fourth-order valence-electron chi connectivity index (χ4n) is 4.36. The van der Waals surface area contributed by atoms with Gasteiger partial charge in [0.15, 0.2) is 28.8 Å². The number of hydrogen-bond acceptors (Lipinski definition) is 8. The van der Waals surface area contributed by atoms with Crippen LogP contribution in [0.4, 0.5) is 8.78 Å². The molecule has 1 N–H and O–H groups in total. The van der Waals surface area contributed by atoms with Crippen molar-refractivity contribution in [1.82, 2.24) is 25.1 Å². The molecule has 0 bridgehead atoms. The van der Waals surface area contributed by atoms with Crippen LogP contribution in [0.5, 0.6) is 23.0 Å². The Balaban J connectivity index is 1.32. The van der Waals surface area contributed by atoms with E-state index >= 15 is 4.39 Å². The summed E-state index contributed by atoms with van der Waals surface area (Å²) in [4.78, 5) is 24.7. The van der Waals surface area contributed by atoms with Crippen LogP contribution in [0.2, 0.25) is 0 Å². The number of nitrogens with one attached hydrogen (secondary N) is 1. The molecule has 0 aliphatic heterocycles. The molecule has 1 amide bonds. The van der Waals surface area contributed by atoms with Gasteiger partial charge in [0.25, 0.3) is 5.91 Å². The molecule has 12 heteroatoms. The first kappa shape index (κ1) is 29.4. The molecule has 1 unspecified atom stereocenters. The van der Waals surface area contributed by atoms with Gasteiger partial charge in [0.2, 0.25) is 0 Å². The van der Waals surface area contributed by atoms with Gasteiger partial charge in [0.05, 0.1) is 25.4 Å². The summed E-state index contributed by atoms with van der Waals surface area (Å²) in [6, 6.07) is 16.7. The van der Waals surface area contributed by atoms with Crippen molar-refractivity contribution in [1.29, 1.82) is 0 Å². The van der Waals surface area contributed by atoms with E-state index in [2.05, 4.69) is 15.6 Å². The van der Waals surface area contributed by atoms with Crippen LogP contribution in [0.25, 0.3) is 16.6 Å². The highest BCUT2D eigenvalue weighted by Crippen LogP contribution is 2.37. The number of aromatic nitrogens is 3. The lowest BCUT2D eigenvalue weighted by Crippen LogP contribution is -2.31. The second kappa shape index (κ2) is 12.8. The van der Waals surface area contributed by atoms with Crippen LogP contribution in [0, 0.1) is 11.6 Å². The highest BCUT2D eigenvalue weighted by atomic mass is 19.1. The third-order valence-corrected chi connectivity index (χ3v) is 6.49. The van der Waals surface area contributed by atoms with Crippen LogP contribution in [-0.2, 0) is 4.84 Å². The fraction of sp³-hybridized carbons (Fsp3) is 0.194. The minimum atomic E-state index is -0.722. The lowest BCUT2D eigenvalue weighted by atomic mass is 10.1. The molecule has 0 fully saturated rings. The van der Waals surface area contributed by atoms with Crippen LogP contribution in [-0.4, -0.2) is 60.4 Å². The van der Waals surface area contributed by atoms with Gasteiger partial charge in [-0.2, -0.15) is 5.10 Å². The maximum Gasteiger partial charge on any atom is 0.295 e. The predicted octanol–water partition coefficient (Wildman–Crippen LogP) is 5.47. The molecule has 0 radical (unpaired) electrons. The minimum Gasteiger partial charge on any atom is -0.493 e. The van der Waals surface area contributed by atoms with Crippen molar-refractivity contribution in [3.8, 4) is 28.7 Å². The highest BCUT2D eigenvalue weighted by Gasteiger charge is 2.20. The van der Waals surface area contributed by atoms with E-state index in [1.165, 1.54) is 49.2 Å². The zero-order chi connectivity index (χ0) is 30.5.